The normalized spacial score (nSPS) is 15.7. The zero-order valence-corrected chi connectivity index (χ0v) is 25.4. The molecule has 12 heteroatoms. The highest BCUT2D eigenvalue weighted by atomic mass is 16.5. The summed E-state index contributed by atoms with van der Waals surface area (Å²) in [7, 11) is 7.39. The first kappa shape index (κ1) is 33.1. The van der Waals surface area contributed by atoms with E-state index in [2.05, 4.69) is 16.0 Å². The van der Waals surface area contributed by atoms with Crippen molar-refractivity contribution in [3.8, 4) is 5.75 Å². The van der Waals surface area contributed by atoms with Crippen LogP contribution < -0.4 is 26.4 Å². The number of hydrogen-bond acceptors (Lipinski definition) is 9. The lowest BCUT2D eigenvalue weighted by Crippen LogP contribution is -2.49. The Morgan fingerprint density at radius 3 is 2.56 bits per heavy atom. The standard InChI is InChI=1S/C29H46N8O4/c1-8-23-28(36(6)9-2)34-27(25(33-23)26(30)39)32-21-13-10-14-22(19-21)41-18-12-16-31-29(40)20(3)37(7)24(38)15-11-17-35(4)5/h10-11,13-15,19-20,23,32-33H,8-9,12,16-18H2,1-7H3,(H2,30,39)(H,31,40)/b15-11+/t20-,23?/m0/s1. The number of amides is 3. The molecule has 0 fully saturated rings. The molecule has 1 heterocycles. The van der Waals surface area contributed by atoms with Gasteiger partial charge in [0.15, 0.2) is 5.82 Å². The van der Waals surface area contributed by atoms with Gasteiger partial charge in [0.1, 0.15) is 23.3 Å². The molecular formula is C29H46N8O4. The molecule has 1 aromatic rings. The Morgan fingerprint density at radius 1 is 1.20 bits per heavy atom. The van der Waals surface area contributed by atoms with Crippen LogP contribution in [0.4, 0.5) is 5.69 Å². The maximum atomic E-state index is 12.5. The van der Waals surface area contributed by atoms with Crippen molar-refractivity contribution >= 4 is 29.2 Å². The SMILES string of the molecule is CCC1NC(C(N)=O)=C(Nc2cccc(OCCCNC(=O)[C@H](C)N(C)C(=O)/C=C/CN(C)C)c2)N=C1N(C)CC. The summed E-state index contributed by atoms with van der Waals surface area (Å²) >= 11 is 0. The van der Waals surface area contributed by atoms with E-state index in [0.29, 0.717) is 43.4 Å². The van der Waals surface area contributed by atoms with Gasteiger partial charge < -0.3 is 41.1 Å². The zero-order chi connectivity index (χ0) is 30.5. The number of likely N-dealkylation sites (N-methyl/N-ethyl adjacent to an activating group) is 3. The lowest BCUT2D eigenvalue weighted by atomic mass is 10.1. The van der Waals surface area contributed by atoms with Crippen LogP contribution in [0.25, 0.3) is 0 Å². The van der Waals surface area contributed by atoms with Crippen molar-refractivity contribution in [3.05, 3.63) is 47.9 Å². The molecule has 226 valence electrons. The summed E-state index contributed by atoms with van der Waals surface area (Å²) in [6.07, 6.45) is 4.57. The number of nitrogens with one attached hydrogen (secondary N) is 3. The van der Waals surface area contributed by atoms with Gasteiger partial charge in [-0.15, -0.1) is 0 Å². The second-order valence-corrected chi connectivity index (χ2v) is 10.1. The fraction of sp³-hybridized carbons (Fsp3) is 0.517. The molecule has 0 spiro atoms. The molecule has 3 amide bonds. The van der Waals surface area contributed by atoms with Gasteiger partial charge in [-0.1, -0.05) is 19.1 Å². The van der Waals surface area contributed by atoms with Crippen LogP contribution >= 0.6 is 0 Å². The second kappa shape index (κ2) is 16.3. The average Bonchev–Trinajstić information content (AvgIpc) is 2.95. The zero-order valence-electron chi connectivity index (χ0n) is 25.4. The summed E-state index contributed by atoms with van der Waals surface area (Å²) in [4.78, 5) is 47.0. The fourth-order valence-electron chi connectivity index (χ4n) is 3.90. The third-order valence-electron chi connectivity index (χ3n) is 6.64. The molecule has 12 nitrogen and oxygen atoms in total. The molecule has 1 unspecified atom stereocenters. The molecule has 5 N–H and O–H groups in total. The first-order valence-electron chi connectivity index (χ1n) is 13.9. The van der Waals surface area contributed by atoms with Crippen LogP contribution in [0.2, 0.25) is 0 Å². The second-order valence-electron chi connectivity index (χ2n) is 10.1. The number of hydrogen-bond donors (Lipinski definition) is 4. The number of rotatable bonds is 15. The van der Waals surface area contributed by atoms with Gasteiger partial charge in [0.25, 0.3) is 5.91 Å². The van der Waals surface area contributed by atoms with Crippen LogP contribution in [0.1, 0.15) is 33.6 Å². The van der Waals surface area contributed by atoms with Gasteiger partial charge >= 0.3 is 0 Å². The topological polar surface area (TPSA) is 145 Å². The van der Waals surface area contributed by atoms with E-state index < -0.39 is 11.9 Å². The number of anilines is 1. The summed E-state index contributed by atoms with van der Waals surface area (Å²) in [5, 5.41) is 9.27. The summed E-state index contributed by atoms with van der Waals surface area (Å²) < 4.78 is 5.88. The predicted octanol–water partition coefficient (Wildman–Crippen LogP) is 1.33. The van der Waals surface area contributed by atoms with Crippen LogP contribution in [0, 0.1) is 0 Å². The quantitative estimate of drug-likeness (QED) is 0.183. The van der Waals surface area contributed by atoms with Crippen molar-refractivity contribution in [2.75, 3.05) is 59.7 Å². The van der Waals surface area contributed by atoms with Crippen molar-refractivity contribution in [3.63, 3.8) is 0 Å². The minimum Gasteiger partial charge on any atom is -0.493 e. The average molecular weight is 571 g/mol. The van der Waals surface area contributed by atoms with Crippen LogP contribution in [0.15, 0.2) is 52.9 Å². The molecule has 2 atom stereocenters. The minimum atomic E-state index is -0.600. The van der Waals surface area contributed by atoms with Gasteiger partial charge in [0, 0.05) is 51.6 Å². The number of ether oxygens (including phenoxy) is 1. The van der Waals surface area contributed by atoms with Crippen LogP contribution in [0.5, 0.6) is 5.75 Å². The Balaban J connectivity index is 1.91. The van der Waals surface area contributed by atoms with Crippen molar-refractivity contribution < 1.29 is 19.1 Å². The smallest absolute Gasteiger partial charge is 0.268 e. The van der Waals surface area contributed by atoms with Crippen molar-refractivity contribution in [2.24, 2.45) is 10.7 Å². The molecular weight excluding hydrogens is 524 g/mol. The van der Waals surface area contributed by atoms with Gasteiger partial charge in [-0.3, -0.25) is 14.4 Å². The van der Waals surface area contributed by atoms with E-state index in [0.717, 1.165) is 18.8 Å². The Kier molecular flexibility index (Phi) is 13.1. The molecule has 0 saturated carbocycles. The summed E-state index contributed by atoms with van der Waals surface area (Å²) in [6, 6.07) is 6.60. The number of primary amides is 1. The van der Waals surface area contributed by atoms with E-state index in [1.54, 1.807) is 26.1 Å². The fourth-order valence-corrected chi connectivity index (χ4v) is 3.90. The van der Waals surface area contributed by atoms with Gasteiger partial charge in [-0.05, 0) is 52.9 Å². The Morgan fingerprint density at radius 2 is 1.93 bits per heavy atom. The van der Waals surface area contributed by atoms with E-state index in [9.17, 15) is 14.4 Å². The van der Waals surface area contributed by atoms with E-state index in [-0.39, 0.29) is 23.6 Å². The number of nitrogens with two attached hydrogens (primary N) is 1. The lowest BCUT2D eigenvalue weighted by Gasteiger charge is -2.32. The molecule has 0 aliphatic carbocycles. The van der Waals surface area contributed by atoms with Gasteiger partial charge in [-0.25, -0.2) is 4.99 Å². The molecule has 1 aliphatic rings. The lowest BCUT2D eigenvalue weighted by molar-refractivity contribution is -0.135. The third kappa shape index (κ3) is 10.1. The van der Waals surface area contributed by atoms with Crippen LogP contribution in [0.3, 0.4) is 0 Å². The summed E-state index contributed by atoms with van der Waals surface area (Å²) in [5.74, 6) is 0.750. The molecule has 0 saturated heterocycles. The Hall–Kier alpha value is -4.06. The number of nitrogens with zero attached hydrogens (tertiary/aromatic N) is 4. The largest absolute Gasteiger partial charge is 0.493 e. The van der Waals surface area contributed by atoms with E-state index >= 15 is 0 Å². The highest BCUT2D eigenvalue weighted by Gasteiger charge is 2.28. The molecule has 0 bridgehead atoms. The minimum absolute atomic E-state index is 0.114. The Labute approximate surface area is 243 Å². The van der Waals surface area contributed by atoms with Crippen molar-refractivity contribution in [1.82, 2.24) is 25.3 Å². The molecule has 1 aliphatic heterocycles. The van der Waals surface area contributed by atoms with Gasteiger partial charge in [0.05, 0.1) is 12.6 Å². The summed E-state index contributed by atoms with van der Waals surface area (Å²) in [5.41, 5.74) is 6.57. The van der Waals surface area contributed by atoms with Crippen molar-refractivity contribution in [1.29, 1.82) is 0 Å². The van der Waals surface area contributed by atoms with Gasteiger partial charge in [0.2, 0.25) is 11.8 Å². The van der Waals surface area contributed by atoms with Gasteiger partial charge in [-0.2, -0.15) is 0 Å². The predicted molar refractivity (Wildman–Crippen MR) is 162 cm³/mol. The maximum Gasteiger partial charge on any atom is 0.268 e. The number of benzene rings is 1. The Bertz CT molecular complexity index is 1150. The van der Waals surface area contributed by atoms with E-state index in [4.69, 9.17) is 15.5 Å². The van der Waals surface area contributed by atoms with E-state index in [1.807, 2.05) is 63.0 Å². The first-order valence-corrected chi connectivity index (χ1v) is 13.9. The first-order chi connectivity index (χ1) is 19.5. The monoisotopic (exact) mass is 570 g/mol. The molecule has 2 rings (SSSR count). The van der Waals surface area contributed by atoms with Crippen molar-refractivity contribution in [2.45, 2.75) is 45.7 Å². The number of amidine groups is 1. The summed E-state index contributed by atoms with van der Waals surface area (Å²) in [6.45, 7) is 7.94. The number of carbonyl (C=O) groups is 3. The number of carbonyl (C=O) groups excluding carboxylic acids is 3. The molecule has 1 aromatic carbocycles. The highest BCUT2D eigenvalue weighted by Crippen LogP contribution is 2.22. The molecule has 41 heavy (non-hydrogen) atoms. The molecule has 0 aromatic heterocycles. The van der Waals surface area contributed by atoms with Crippen LogP contribution in [-0.4, -0.2) is 105 Å². The van der Waals surface area contributed by atoms with Crippen LogP contribution in [-0.2, 0) is 14.4 Å². The van der Waals surface area contributed by atoms with E-state index in [1.165, 1.54) is 11.0 Å². The maximum absolute atomic E-state index is 12.5. The number of aliphatic imine (C=N–C) groups is 1. The third-order valence-corrected chi connectivity index (χ3v) is 6.64. The highest BCUT2D eigenvalue weighted by molar-refractivity contribution is 5.98. The molecule has 0 radical (unpaired) electrons.